The van der Waals surface area contributed by atoms with Crippen LogP contribution in [0.1, 0.15) is 22.3 Å². The molecule has 0 spiro atoms. The summed E-state index contributed by atoms with van der Waals surface area (Å²) in [6.45, 7) is 4.53. The molecule has 0 bridgehead atoms. The minimum atomic E-state index is -0.281. The van der Waals surface area contributed by atoms with Crippen molar-refractivity contribution in [1.29, 1.82) is 0 Å². The number of hydrogen-bond acceptors (Lipinski definition) is 3. The van der Waals surface area contributed by atoms with E-state index in [1.54, 1.807) is 12.0 Å². The molecule has 0 aliphatic heterocycles. The lowest BCUT2D eigenvalue weighted by molar-refractivity contribution is 0.206. The van der Waals surface area contributed by atoms with Crippen LogP contribution < -0.4 is 15.6 Å². The lowest BCUT2D eigenvalue weighted by Gasteiger charge is -2.23. The van der Waals surface area contributed by atoms with Gasteiger partial charge in [0.2, 0.25) is 0 Å². The van der Waals surface area contributed by atoms with Crippen molar-refractivity contribution in [3.05, 3.63) is 105 Å². The number of anilines is 1. The number of nitrogens with one attached hydrogen (secondary N) is 2. The highest BCUT2D eigenvalue weighted by Gasteiger charge is 2.18. The molecule has 0 unspecified atom stereocenters. The van der Waals surface area contributed by atoms with Gasteiger partial charge in [-0.1, -0.05) is 42.5 Å². The first kappa shape index (κ1) is 22.1. The van der Waals surface area contributed by atoms with Crippen molar-refractivity contribution in [2.75, 3.05) is 12.4 Å². The number of methoxy groups -OCH3 is 1. The van der Waals surface area contributed by atoms with Gasteiger partial charge in [0.1, 0.15) is 5.75 Å². The van der Waals surface area contributed by atoms with E-state index in [-0.39, 0.29) is 18.1 Å². The fourth-order valence-corrected chi connectivity index (χ4v) is 3.77. The van der Waals surface area contributed by atoms with Crippen LogP contribution in [0.3, 0.4) is 0 Å². The molecule has 2 N–H and O–H groups in total. The number of nitrogens with zero attached hydrogens (tertiary/aromatic N) is 1. The molecule has 0 radical (unpaired) electrons. The van der Waals surface area contributed by atoms with Crippen molar-refractivity contribution in [2.24, 2.45) is 0 Å². The predicted octanol–water partition coefficient (Wildman–Crippen LogP) is 5.39. The Kier molecular flexibility index (Phi) is 6.45. The first-order chi connectivity index (χ1) is 15.9. The molecule has 4 rings (SSSR count). The number of aryl methyl sites for hydroxylation is 2. The average Bonchev–Trinajstić information content (AvgIpc) is 2.83. The molecule has 3 aromatic carbocycles. The minimum absolute atomic E-state index is 0.170. The Morgan fingerprint density at radius 1 is 0.970 bits per heavy atom. The summed E-state index contributed by atoms with van der Waals surface area (Å²) in [4.78, 5) is 30.8. The number of rotatable bonds is 6. The third-order valence-corrected chi connectivity index (χ3v) is 5.83. The van der Waals surface area contributed by atoms with Gasteiger partial charge in [0.05, 0.1) is 19.2 Å². The van der Waals surface area contributed by atoms with E-state index in [4.69, 9.17) is 4.74 Å². The number of fused-ring (bicyclic) bond motifs is 1. The summed E-state index contributed by atoms with van der Waals surface area (Å²) >= 11 is 0. The van der Waals surface area contributed by atoms with Crippen molar-refractivity contribution in [1.82, 2.24) is 9.88 Å². The van der Waals surface area contributed by atoms with E-state index in [1.165, 1.54) is 0 Å². The van der Waals surface area contributed by atoms with Crippen LogP contribution in [0.4, 0.5) is 10.5 Å². The second-order valence-corrected chi connectivity index (χ2v) is 8.10. The Bertz CT molecular complexity index is 1330. The number of para-hydroxylation sites is 1. The second-order valence-electron chi connectivity index (χ2n) is 8.10. The van der Waals surface area contributed by atoms with Crippen molar-refractivity contribution >= 4 is 22.6 Å². The predicted molar refractivity (Wildman–Crippen MR) is 132 cm³/mol. The van der Waals surface area contributed by atoms with Crippen LogP contribution in [-0.4, -0.2) is 23.0 Å². The van der Waals surface area contributed by atoms with Crippen LogP contribution >= 0.6 is 0 Å². The highest BCUT2D eigenvalue weighted by atomic mass is 16.5. The molecule has 6 nitrogen and oxygen atoms in total. The SMILES string of the molecule is COc1ccc(CN(Cc2cc3ccc(C)c(C)c3[nH]c2=O)C(=O)Nc2ccccc2)cc1. The zero-order chi connectivity index (χ0) is 23.4. The third kappa shape index (κ3) is 5.06. The molecular weight excluding hydrogens is 414 g/mol. The van der Waals surface area contributed by atoms with Gasteiger partial charge < -0.3 is 19.9 Å². The molecule has 0 fully saturated rings. The Balaban J connectivity index is 1.66. The Hall–Kier alpha value is -4.06. The quantitative estimate of drug-likeness (QED) is 0.421. The fraction of sp³-hybridized carbons (Fsp3) is 0.185. The van der Waals surface area contributed by atoms with Crippen LogP contribution in [0.15, 0.2) is 77.6 Å². The van der Waals surface area contributed by atoms with E-state index in [0.717, 1.165) is 33.3 Å². The lowest BCUT2D eigenvalue weighted by Crippen LogP contribution is -2.35. The lowest BCUT2D eigenvalue weighted by atomic mass is 10.0. The number of carbonyl (C=O) groups is 1. The van der Waals surface area contributed by atoms with Gasteiger partial charge in [-0.2, -0.15) is 0 Å². The summed E-state index contributed by atoms with van der Waals surface area (Å²) in [6.07, 6.45) is 0. The Labute approximate surface area is 192 Å². The zero-order valence-corrected chi connectivity index (χ0v) is 19.0. The number of hydrogen-bond donors (Lipinski definition) is 2. The van der Waals surface area contributed by atoms with Crippen LogP contribution in [0, 0.1) is 13.8 Å². The largest absolute Gasteiger partial charge is 0.497 e. The number of carbonyl (C=O) groups excluding carboxylic acids is 1. The maximum atomic E-state index is 13.2. The molecule has 0 aliphatic rings. The summed E-state index contributed by atoms with van der Waals surface area (Å²) in [5.41, 5.74) is 4.97. The number of urea groups is 1. The normalized spacial score (nSPS) is 10.8. The number of pyridine rings is 1. The van der Waals surface area contributed by atoms with Crippen molar-refractivity contribution in [2.45, 2.75) is 26.9 Å². The maximum absolute atomic E-state index is 13.2. The van der Waals surface area contributed by atoms with E-state index in [2.05, 4.69) is 10.3 Å². The van der Waals surface area contributed by atoms with Crippen LogP contribution in [0.5, 0.6) is 5.75 Å². The van der Waals surface area contributed by atoms with E-state index in [0.29, 0.717) is 17.8 Å². The molecule has 1 heterocycles. The number of benzene rings is 3. The zero-order valence-electron chi connectivity index (χ0n) is 19.0. The van der Waals surface area contributed by atoms with E-state index in [9.17, 15) is 9.59 Å². The molecule has 0 saturated carbocycles. The van der Waals surface area contributed by atoms with Gasteiger partial charge in [-0.25, -0.2) is 4.79 Å². The molecule has 33 heavy (non-hydrogen) atoms. The first-order valence-corrected chi connectivity index (χ1v) is 10.8. The summed E-state index contributed by atoms with van der Waals surface area (Å²) in [5, 5.41) is 3.87. The van der Waals surface area contributed by atoms with Gasteiger partial charge in [-0.15, -0.1) is 0 Å². The van der Waals surface area contributed by atoms with E-state index >= 15 is 0 Å². The van der Waals surface area contributed by atoms with Crippen LogP contribution in [0.2, 0.25) is 0 Å². The number of ether oxygens (including phenoxy) is 1. The highest BCUT2D eigenvalue weighted by Crippen LogP contribution is 2.20. The molecule has 4 aromatic rings. The maximum Gasteiger partial charge on any atom is 0.322 e. The second kappa shape index (κ2) is 9.61. The van der Waals surface area contributed by atoms with Gasteiger partial charge in [-0.05, 0) is 66.3 Å². The molecule has 0 aliphatic carbocycles. The molecule has 0 saturated heterocycles. The fourth-order valence-electron chi connectivity index (χ4n) is 3.77. The van der Waals surface area contributed by atoms with Gasteiger partial charge in [0.15, 0.2) is 0 Å². The van der Waals surface area contributed by atoms with Crippen molar-refractivity contribution < 1.29 is 9.53 Å². The first-order valence-electron chi connectivity index (χ1n) is 10.8. The van der Waals surface area contributed by atoms with E-state index < -0.39 is 0 Å². The van der Waals surface area contributed by atoms with Gasteiger partial charge in [0, 0.05) is 17.8 Å². The molecular formula is C27H27N3O3. The Morgan fingerprint density at radius 3 is 2.39 bits per heavy atom. The summed E-state index contributed by atoms with van der Waals surface area (Å²) < 4.78 is 5.23. The van der Waals surface area contributed by atoms with Crippen LogP contribution in [-0.2, 0) is 13.1 Å². The average molecular weight is 442 g/mol. The monoisotopic (exact) mass is 441 g/mol. The number of H-pyrrole nitrogens is 1. The van der Waals surface area contributed by atoms with Crippen molar-refractivity contribution in [3.8, 4) is 5.75 Å². The van der Waals surface area contributed by atoms with Gasteiger partial charge >= 0.3 is 6.03 Å². The van der Waals surface area contributed by atoms with Crippen LogP contribution in [0.25, 0.3) is 10.9 Å². The molecule has 0 atom stereocenters. The van der Waals surface area contributed by atoms with Gasteiger partial charge in [0.25, 0.3) is 5.56 Å². The van der Waals surface area contributed by atoms with E-state index in [1.807, 2.05) is 86.6 Å². The Morgan fingerprint density at radius 2 is 1.70 bits per heavy atom. The molecule has 2 amide bonds. The topological polar surface area (TPSA) is 74.4 Å². The summed E-state index contributed by atoms with van der Waals surface area (Å²) in [6, 6.07) is 22.4. The molecule has 1 aromatic heterocycles. The number of amides is 2. The summed E-state index contributed by atoms with van der Waals surface area (Å²) in [5.74, 6) is 0.746. The number of aromatic nitrogens is 1. The molecule has 168 valence electrons. The molecule has 6 heteroatoms. The smallest absolute Gasteiger partial charge is 0.322 e. The third-order valence-electron chi connectivity index (χ3n) is 5.83. The van der Waals surface area contributed by atoms with Crippen molar-refractivity contribution in [3.63, 3.8) is 0 Å². The van der Waals surface area contributed by atoms with Gasteiger partial charge in [-0.3, -0.25) is 4.79 Å². The summed E-state index contributed by atoms with van der Waals surface area (Å²) in [7, 11) is 1.61. The highest BCUT2D eigenvalue weighted by molar-refractivity contribution is 5.89. The number of aromatic amines is 1. The minimum Gasteiger partial charge on any atom is -0.497 e. The standard InChI is InChI=1S/C27H27N3O3/c1-18-9-12-21-15-22(26(31)29-25(21)19(18)2)17-30(16-20-10-13-24(33-3)14-11-20)27(32)28-23-7-5-4-6-8-23/h4-15H,16-17H2,1-3H3,(H,28,32)(H,29,31).